The monoisotopic (exact) mass is 251 g/mol. The molecule has 1 aromatic carbocycles. The third-order valence-corrected chi connectivity index (χ3v) is 3.99. The summed E-state index contributed by atoms with van der Waals surface area (Å²) >= 11 is 7.86. The number of nitrogens with one attached hydrogen (secondary N) is 1. The molecule has 0 fully saturated rings. The molecule has 0 saturated heterocycles. The number of hydrogen-bond acceptors (Lipinski definition) is 2. The largest absolute Gasteiger partial charge is 0.309 e. The van der Waals surface area contributed by atoms with Crippen LogP contribution in [0.25, 0.3) is 0 Å². The first-order valence-corrected chi connectivity index (χ1v) is 6.45. The van der Waals surface area contributed by atoms with Crippen LogP contribution in [-0.2, 0) is 0 Å². The van der Waals surface area contributed by atoms with Crippen LogP contribution < -0.4 is 5.32 Å². The van der Waals surface area contributed by atoms with Crippen LogP contribution in [0.4, 0.5) is 0 Å². The van der Waals surface area contributed by atoms with Crippen LogP contribution in [-0.4, -0.2) is 7.05 Å². The van der Waals surface area contributed by atoms with Crippen molar-refractivity contribution in [2.75, 3.05) is 7.05 Å². The van der Waals surface area contributed by atoms with Crippen molar-refractivity contribution in [2.24, 2.45) is 0 Å². The lowest BCUT2D eigenvalue weighted by atomic mass is 10.0. The maximum atomic E-state index is 6.17. The SMILES string of the molecule is CNC(c1cccc(C)c1)c1sccc1Cl. The normalized spacial score (nSPS) is 12.7. The van der Waals surface area contributed by atoms with E-state index < -0.39 is 0 Å². The van der Waals surface area contributed by atoms with Crippen molar-refractivity contribution in [1.82, 2.24) is 5.32 Å². The molecule has 1 N–H and O–H groups in total. The molecule has 1 nitrogen and oxygen atoms in total. The fourth-order valence-corrected chi connectivity index (χ4v) is 3.11. The van der Waals surface area contributed by atoms with Crippen molar-refractivity contribution in [3.63, 3.8) is 0 Å². The number of rotatable bonds is 3. The predicted molar refractivity (Wildman–Crippen MR) is 71.4 cm³/mol. The van der Waals surface area contributed by atoms with Crippen LogP contribution in [0.1, 0.15) is 22.0 Å². The Morgan fingerprint density at radius 1 is 1.31 bits per heavy atom. The fraction of sp³-hybridized carbons (Fsp3) is 0.231. The van der Waals surface area contributed by atoms with E-state index >= 15 is 0 Å². The molecule has 1 unspecified atom stereocenters. The highest BCUT2D eigenvalue weighted by molar-refractivity contribution is 7.10. The molecule has 0 amide bonds. The van der Waals surface area contributed by atoms with E-state index in [0.717, 1.165) is 5.02 Å². The number of thiophene rings is 1. The van der Waals surface area contributed by atoms with E-state index in [4.69, 9.17) is 11.6 Å². The maximum Gasteiger partial charge on any atom is 0.0683 e. The molecule has 0 saturated carbocycles. The Hall–Kier alpha value is -0.830. The summed E-state index contributed by atoms with van der Waals surface area (Å²) in [6.45, 7) is 2.10. The van der Waals surface area contributed by atoms with Crippen LogP contribution in [0, 0.1) is 6.92 Å². The van der Waals surface area contributed by atoms with Gasteiger partial charge in [0.1, 0.15) is 0 Å². The molecular formula is C13H14ClNS. The molecule has 1 heterocycles. The summed E-state index contributed by atoms with van der Waals surface area (Å²) < 4.78 is 0. The Labute approximate surface area is 105 Å². The Bertz CT molecular complexity index is 478. The number of hydrogen-bond donors (Lipinski definition) is 1. The molecule has 0 aliphatic rings. The lowest BCUT2D eigenvalue weighted by Crippen LogP contribution is -2.16. The Morgan fingerprint density at radius 3 is 2.69 bits per heavy atom. The van der Waals surface area contributed by atoms with Crippen LogP contribution in [0.3, 0.4) is 0 Å². The van der Waals surface area contributed by atoms with E-state index in [1.807, 2.05) is 18.5 Å². The highest BCUT2D eigenvalue weighted by Gasteiger charge is 2.16. The third kappa shape index (κ3) is 2.29. The first-order chi connectivity index (χ1) is 7.72. The van der Waals surface area contributed by atoms with Crippen molar-refractivity contribution in [2.45, 2.75) is 13.0 Å². The van der Waals surface area contributed by atoms with Crippen LogP contribution in [0.2, 0.25) is 5.02 Å². The van der Waals surface area contributed by atoms with E-state index in [1.165, 1.54) is 16.0 Å². The van der Waals surface area contributed by atoms with Gasteiger partial charge in [0.15, 0.2) is 0 Å². The molecule has 0 spiro atoms. The van der Waals surface area contributed by atoms with Gasteiger partial charge in [-0.1, -0.05) is 41.4 Å². The van der Waals surface area contributed by atoms with Gasteiger partial charge in [0.25, 0.3) is 0 Å². The van der Waals surface area contributed by atoms with Gasteiger partial charge in [-0.25, -0.2) is 0 Å². The second-order valence-corrected chi connectivity index (χ2v) is 5.12. The third-order valence-electron chi connectivity index (χ3n) is 2.57. The van der Waals surface area contributed by atoms with Crippen molar-refractivity contribution in [3.05, 3.63) is 56.7 Å². The van der Waals surface area contributed by atoms with E-state index in [-0.39, 0.29) is 6.04 Å². The quantitative estimate of drug-likeness (QED) is 0.869. The average Bonchev–Trinajstić information content (AvgIpc) is 2.67. The van der Waals surface area contributed by atoms with E-state index in [1.54, 1.807) is 11.3 Å². The first-order valence-electron chi connectivity index (χ1n) is 5.19. The zero-order chi connectivity index (χ0) is 11.5. The average molecular weight is 252 g/mol. The van der Waals surface area contributed by atoms with Crippen LogP contribution >= 0.6 is 22.9 Å². The van der Waals surface area contributed by atoms with Gasteiger partial charge in [0.05, 0.1) is 11.1 Å². The summed E-state index contributed by atoms with van der Waals surface area (Å²) in [4.78, 5) is 1.18. The molecule has 3 heteroatoms. The van der Waals surface area contributed by atoms with Crippen LogP contribution in [0.15, 0.2) is 35.7 Å². The second-order valence-electron chi connectivity index (χ2n) is 3.77. The van der Waals surface area contributed by atoms with Gasteiger partial charge in [0.2, 0.25) is 0 Å². The van der Waals surface area contributed by atoms with Crippen molar-refractivity contribution >= 4 is 22.9 Å². The topological polar surface area (TPSA) is 12.0 Å². The van der Waals surface area contributed by atoms with E-state index in [9.17, 15) is 0 Å². The summed E-state index contributed by atoms with van der Waals surface area (Å²) in [5, 5.41) is 6.18. The van der Waals surface area contributed by atoms with Gasteiger partial charge in [-0.05, 0) is 31.0 Å². The zero-order valence-corrected chi connectivity index (χ0v) is 10.9. The van der Waals surface area contributed by atoms with Gasteiger partial charge in [0, 0.05) is 4.88 Å². The smallest absolute Gasteiger partial charge is 0.0683 e. The Balaban J connectivity index is 2.40. The van der Waals surface area contributed by atoms with Gasteiger partial charge >= 0.3 is 0 Å². The summed E-state index contributed by atoms with van der Waals surface area (Å²) in [6, 6.07) is 10.6. The van der Waals surface area contributed by atoms with E-state index in [2.05, 4.69) is 36.5 Å². The van der Waals surface area contributed by atoms with Crippen molar-refractivity contribution < 1.29 is 0 Å². The molecule has 1 atom stereocenters. The number of aryl methyl sites for hydroxylation is 1. The maximum absolute atomic E-state index is 6.17. The molecule has 0 aliphatic carbocycles. The van der Waals surface area contributed by atoms with Gasteiger partial charge in [-0.2, -0.15) is 0 Å². The van der Waals surface area contributed by atoms with Crippen molar-refractivity contribution in [3.8, 4) is 0 Å². The highest BCUT2D eigenvalue weighted by Crippen LogP contribution is 2.32. The molecule has 2 aromatic rings. The summed E-state index contributed by atoms with van der Waals surface area (Å²) in [5.41, 5.74) is 2.53. The summed E-state index contributed by atoms with van der Waals surface area (Å²) in [7, 11) is 1.96. The molecule has 84 valence electrons. The first kappa shape index (κ1) is 11.6. The summed E-state index contributed by atoms with van der Waals surface area (Å²) in [6.07, 6.45) is 0. The fourth-order valence-electron chi connectivity index (χ4n) is 1.81. The molecule has 0 aliphatic heterocycles. The minimum absolute atomic E-state index is 0.187. The molecule has 0 bridgehead atoms. The predicted octanol–water partition coefficient (Wildman–Crippen LogP) is 4.02. The molecule has 1 aromatic heterocycles. The lowest BCUT2D eigenvalue weighted by Gasteiger charge is -2.16. The number of benzene rings is 1. The zero-order valence-electron chi connectivity index (χ0n) is 9.33. The van der Waals surface area contributed by atoms with Gasteiger partial charge in [-0.15, -0.1) is 11.3 Å². The molecule has 2 rings (SSSR count). The van der Waals surface area contributed by atoms with E-state index in [0.29, 0.717) is 0 Å². The Morgan fingerprint density at radius 2 is 2.12 bits per heavy atom. The minimum Gasteiger partial charge on any atom is -0.309 e. The standard InChI is InChI=1S/C13H14ClNS/c1-9-4-3-5-10(8-9)12(15-2)13-11(14)6-7-16-13/h3-8,12,15H,1-2H3. The Kier molecular flexibility index (Phi) is 3.64. The highest BCUT2D eigenvalue weighted by atomic mass is 35.5. The minimum atomic E-state index is 0.187. The summed E-state index contributed by atoms with van der Waals surface area (Å²) in [5.74, 6) is 0. The lowest BCUT2D eigenvalue weighted by molar-refractivity contribution is 0.703. The van der Waals surface area contributed by atoms with Gasteiger partial charge in [-0.3, -0.25) is 0 Å². The molecular weight excluding hydrogens is 238 g/mol. The van der Waals surface area contributed by atoms with Crippen LogP contribution in [0.5, 0.6) is 0 Å². The van der Waals surface area contributed by atoms with Gasteiger partial charge < -0.3 is 5.32 Å². The van der Waals surface area contributed by atoms with Crippen molar-refractivity contribution in [1.29, 1.82) is 0 Å². The molecule has 0 radical (unpaired) electrons. The number of halogens is 1. The second kappa shape index (κ2) is 5.00. The molecule has 16 heavy (non-hydrogen) atoms.